The standard InChI is InChI=1S/C15H25N7O/c1-11-18-14(23-19-11)12-8-21(7-6-20(12)5)9-13-16-10-17-22(13)15(2,3)4/h10,12H,6-9H2,1-5H3. The Morgan fingerprint density at radius 2 is 2.09 bits per heavy atom. The second-order valence-corrected chi connectivity index (χ2v) is 7.17. The molecule has 1 aliphatic rings. The molecule has 0 aromatic carbocycles. The van der Waals surface area contributed by atoms with Crippen molar-refractivity contribution in [1.29, 1.82) is 0 Å². The minimum atomic E-state index is -0.0680. The molecule has 0 aliphatic carbocycles. The summed E-state index contributed by atoms with van der Waals surface area (Å²) in [5.41, 5.74) is -0.0680. The molecular formula is C15H25N7O. The van der Waals surface area contributed by atoms with E-state index in [1.165, 1.54) is 0 Å². The average Bonchev–Trinajstić information content (AvgIpc) is 3.09. The lowest BCUT2D eigenvalue weighted by atomic mass is 10.1. The van der Waals surface area contributed by atoms with Gasteiger partial charge in [0.15, 0.2) is 5.82 Å². The zero-order valence-electron chi connectivity index (χ0n) is 14.5. The summed E-state index contributed by atoms with van der Waals surface area (Å²) in [5.74, 6) is 2.35. The van der Waals surface area contributed by atoms with Crippen LogP contribution in [-0.2, 0) is 12.1 Å². The van der Waals surface area contributed by atoms with Gasteiger partial charge in [-0.25, -0.2) is 9.67 Å². The molecule has 126 valence electrons. The van der Waals surface area contributed by atoms with E-state index in [0.29, 0.717) is 11.7 Å². The van der Waals surface area contributed by atoms with Gasteiger partial charge in [-0.2, -0.15) is 10.1 Å². The number of aromatic nitrogens is 5. The van der Waals surface area contributed by atoms with E-state index in [1.54, 1.807) is 6.33 Å². The Morgan fingerprint density at radius 1 is 1.30 bits per heavy atom. The Kier molecular flexibility index (Phi) is 4.20. The van der Waals surface area contributed by atoms with Gasteiger partial charge in [0.2, 0.25) is 5.89 Å². The molecule has 2 aromatic heterocycles. The van der Waals surface area contributed by atoms with Crippen molar-refractivity contribution in [1.82, 2.24) is 34.7 Å². The van der Waals surface area contributed by atoms with Crippen molar-refractivity contribution >= 4 is 0 Å². The van der Waals surface area contributed by atoms with Crippen molar-refractivity contribution in [2.24, 2.45) is 0 Å². The van der Waals surface area contributed by atoms with Gasteiger partial charge in [-0.15, -0.1) is 0 Å². The van der Waals surface area contributed by atoms with Gasteiger partial charge in [-0.1, -0.05) is 5.16 Å². The van der Waals surface area contributed by atoms with Crippen molar-refractivity contribution in [2.75, 3.05) is 26.7 Å². The SMILES string of the molecule is Cc1noc(C2CN(Cc3ncnn3C(C)(C)C)CCN2C)n1. The van der Waals surface area contributed by atoms with Gasteiger partial charge in [0, 0.05) is 19.6 Å². The summed E-state index contributed by atoms with van der Waals surface area (Å²) >= 11 is 0. The number of nitrogens with zero attached hydrogens (tertiary/aromatic N) is 7. The van der Waals surface area contributed by atoms with Crippen LogP contribution in [0, 0.1) is 6.92 Å². The number of aryl methyl sites for hydroxylation is 1. The van der Waals surface area contributed by atoms with Crippen LogP contribution in [0.2, 0.25) is 0 Å². The lowest BCUT2D eigenvalue weighted by Gasteiger charge is -2.37. The molecule has 1 fully saturated rings. The third kappa shape index (κ3) is 3.42. The van der Waals surface area contributed by atoms with Gasteiger partial charge in [0.25, 0.3) is 0 Å². The number of rotatable bonds is 3. The van der Waals surface area contributed by atoms with Gasteiger partial charge in [0.1, 0.15) is 18.2 Å². The second kappa shape index (κ2) is 6.01. The molecule has 0 N–H and O–H groups in total. The first-order valence-electron chi connectivity index (χ1n) is 7.97. The maximum Gasteiger partial charge on any atom is 0.245 e. The molecule has 0 amide bonds. The molecule has 1 unspecified atom stereocenters. The Hall–Kier alpha value is -1.80. The van der Waals surface area contributed by atoms with Gasteiger partial charge in [0.05, 0.1) is 12.1 Å². The maximum absolute atomic E-state index is 5.37. The van der Waals surface area contributed by atoms with E-state index < -0.39 is 0 Å². The highest BCUT2D eigenvalue weighted by molar-refractivity contribution is 4.98. The third-order valence-electron chi connectivity index (χ3n) is 4.18. The fourth-order valence-corrected chi connectivity index (χ4v) is 2.92. The molecule has 2 aromatic rings. The number of hydrogen-bond donors (Lipinski definition) is 0. The molecule has 0 spiro atoms. The minimum Gasteiger partial charge on any atom is -0.338 e. The second-order valence-electron chi connectivity index (χ2n) is 7.17. The van der Waals surface area contributed by atoms with Crippen LogP contribution in [0.5, 0.6) is 0 Å². The Bertz CT molecular complexity index is 657. The van der Waals surface area contributed by atoms with E-state index >= 15 is 0 Å². The normalized spacial score (nSPS) is 21.0. The molecule has 0 bridgehead atoms. The third-order valence-corrected chi connectivity index (χ3v) is 4.18. The average molecular weight is 319 g/mol. The van der Waals surface area contributed by atoms with Crippen LogP contribution < -0.4 is 0 Å². The highest BCUT2D eigenvalue weighted by atomic mass is 16.5. The Morgan fingerprint density at radius 3 is 2.74 bits per heavy atom. The highest BCUT2D eigenvalue weighted by Crippen LogP contribution is 2.24. The fourth-order valence-electron chi connectivity index (χ4n) is 2.92. The summed E-state index contributed by atoms with van der Waals surface area (Å²) in [5, 5.41) is 8.29. The molecule has 1 saturated heterocycles. The molecule has 1 atom stereocenters. The largest absolute Gasteiger partial charge is 0.338 e. The molecule has 3 heterocycles. The van der Waals surface area contributed by atoms with E-state index in [1.807, 2.05) is 11.6 Å². The molecule has 1 aliphatic heterocycles. The molecular weight excluding hydrogens is 294 g/mol. The van der Waals surface area contributed by atoms with Crippen LogP contribution in [0.1, 0.15) is 44.4 Å². The Balaban J connectivity index is 1.73. The van der Waals surface area contributed by atoms with Gasteiger partial charge < -0.3 is 4.52 Å². The van der Waals surface area contributed by atoms with E-state index in [0.717, 1.165) is 32.0 Å². The Labute approximate surface area is 136 Å². The van der Waals surface area contributed by atoms with Crippen molar-refractivity contribution in [2.45, 2.75) is 45.8 Å². The summed E-state index contributed by atoms with van der Waals surface area (Å²) in [6.07, 6.45) is 1.63. The molecule has 8 nitrogen and oxygen atoms in total. The van der Waals surface area contributed by atoms with Crippen LogP contribution in [0.15, 0.2) is 10.9 Å². The molecule has 3 rings (SSSR count). The van der Waals surface area contributed by atoms with E-state index in [4.69, 9.17) is 4.52 Å². The van der Waals surface area contributed by atoms with Crippen LogP contribution >= 0.6 is 0 Å². The predicted octanol–water partition coefficient (Wildman–Crippen LogP) is 1.21. The number of likely N-dealkylation sites (N-methyl/N-ethyl adjacent to an activating group) is 1. The monoisotopic (exact) mass is 319 g/mol. The molecule has 8 heteroatoms. The van der Waals surface area contributed by atoms with Gasteiger partial charge in [-0.05, 0) is 34.7 Å². The zero-order valence-corrected chi connectivity index (χ0v) is 14.5. The van der Waals surface area contributed by atoms with Crippen molar-refractivity contribution in [3.05, 3.63) is 23.9 Å². The van der Waals surface area contributed by atoms with Gasteiger partial charge >= 0.3 is 0 Å². The topological polar surface area (TPSA) is 76.1 Å². The van der Waals surface area contributed by atoms with E-state index in [9.17, 15) is 0 Å². The molecule has 23 heavy (non-hydrogen) atoms. The summed E-state index contributed by atoms with van der Waals surface area (Å²) in [4.78, 5) is 13.5. The smallest absolute Gasteiger partial charge is 0.245 e. The lowest BCUT2D eigenvalue weighted by Crippen LogP contribution is -2.46. The highest BCUT2D eigenvalue weighted by Gasteiger charge is 2.31. The fraction of sp³-hybridized carbons (Fsp3) is 0.733. The van der Waals surface area contributed by atoms with Gasteiger partial charge in [-0.3, -0.25) is 9.80 Å². The first-order chi connectivity index (χ1) is 10.8. The van der Waals surface area contributed by atoms with Crippen LogP contribution in [0.25, 0.3) is 0 Å². The lowest BCUT2D eigenvalue weighted by molar-refractivity contribution is 0.0680. The number of piperazine rings is 1. The summed E-state index contributed by atoms with van der Waals surface area (Å²) < 4.78 is 7.37. The summed E-state index contributed by atoms with van der Waals surface area (Å²) in [6.45, 7) is 11.8. The maximum atomic E-state index is 5.37. The minimum absolute atomic E-state index is 0.0680. The van der Waals surface area contributed by atoms with E-state index in [-0.39, 0.29) is 11.6 Å². The van der Waals surface area contributed by atoms with E-state index in [2.05, 4.69) is 57.8 Å². The summed E-state index contributed by atoms with van der Waals surface area (Å²) in [6, 6.07) is 0.121. The van der Waals surface area contributed by atoms with Crippen molar-refractivity contribution in [3.8, 4) is 0 Å². The first-order valence-corrected chi connectivity index (χ1v) is 7.97. The molecule has 0 radical (unpaired) electrons. The van der Waals surface area contributed by atoms with Crippen LogP contribution in [0.4, 0.5) is 0 Å². The van der Waals surface area contributed by atoms with Crippen molar-refractivity contribution in [3.63, 3.8) is 0 Å². The summed E-state index contributed by atoms with van der Waals surface area (Å²) in [7, 11) is 2.10. The first kappa shape index (κ1) is 16.1. The molecule has 0 saturated carbocycles. The van der Waals surface area contributed by atoms with Crippen LogP contribution in [-0.4, -0.2) is 61.4 Å². The predicted molar refractivity (Wildman–Crippen MR) is 84.7 cm³/mol. The number of hydrogen-bond acceptors (Lipinski definition) is 7. The quantitative estimate of drug-likeness (QED) is 0.841. The van der Waals surface area contributed by atoms with Crippen LogP contribution in [0.3, 0.4) is 0 Å². The van der Waals surface area contributed by atoms with Crippen molar-refractivity contribution < 1.29 is 4.52 Å². The zero-order chi connectivity index (χ0) is 16.6.